The maximum atomic E-state index is 12.8. The van der Waals surface area contributed by atoms with Gasteiger partial charge < -0.3 is 9.47 Å². The number of rotatable bonds is 6. The first-order valence-corrected chi connectivity index (χ1v) is 9.32. The smallest absolute Gasteiger partial charge is 0.343 e. The molecule has 0 N–H and O–H groups in total. The van der Waals surface area contributed by atoms with Gasteiger partial charge in [-0.05, 0) is 17.7 Å². The third-order valence-electron chi connectivity index (χ3n) is 4.62. The van der Waals surface area contributed by atoms with Gasteiger partial charge >= 0.3 is 11.9 Å². The van der Waals surface area contributed by atoms with Crippen LogP contribution in [0.15, 0.2) is 96.6 Å². The van der Waals surface area contributed by atoms with Crippen LogP contribution in [0.3, 0.4) is 0 Å². The molecule has 0 heterocycles. The number of carbonyl (C=O) groups excluding carboxylic acids is 2. The second-order valence-electron chi connectivity index (χ2n) is 6.49. The van der Waals surface area contributed by atoms with Crippen LogP contribution < -0.4 is 0 Å². The lowest BCUT2D eigenvalue weighted by molar-refractivity contribution is -0.136. The summed E-state index contributed by atoms with van der Waals surface area (Å²) in [6, 6.07) is 27.4. The summed E-state index contributed by atoms with van der Waals surface area (Å²) in [4.78, 5) is 25.6. The summed E-state index contributed by atoms with van der Waals surface area (Å²) in [6.45, 7) is 1.89. The largest absolute Gasteiger partial charge is 0.466 e. The Morgan fingerprint density at radius 1 is 0.724 bits per heavy atom. The van der Waals surface area contributed by atoms with Gasteiger partial charge in [0, 0.05) is 11.5 Å². The highest BCUT2D eigenvalue weighted by atomic mass is 16.5. The molecule has 0 aliphatic heterocycles. The maximum absolute atomic E-state index is 12.8. The molecule has 0 fully saturated rings. The van der Waals surface area contributed by atoms with Crippen molar-refractivity contribution >= 4 is 17.7 Å². The van der Waals surface area contributed by atoms with E-state index in [4.69, 9.17) is 9.47 Å². The predicted molar refractivity (Wildman–Crippen MR) is 112 cm³/mol. The summed E-state index contributed by atoms with van der Waals surface area (Å²) in [5.41, 5.74) is 2.23. The van der Waals surface area contributed by atoms with Gasteiger partial charge in [0.1, 0.15) is 5.76 Å². The minimum absolute atomic E-state index is 0.197. The second kappa shape index (κ2) is 9.51. The topological polar surface area (TPSA) is 52.6 Å². The van der Waals surface area contributed by atoms with Gasteiger partial charge in [-0.2, -0.15) is 0 Å². The van der Waals surface area contributed by atoms with E-state index in [1.807, 2.05) is 61.5 Å². The highest BCUT2D eigenvalue weighted by Crippen LogP contribution is 2.33. The van der Waals surface area contributed by atoms with Gasteiger partial charge in [-0.1, -0.05) is 85.8 Å². The summed E-state index contributed by atoms with van der Waals surface area (Å²) >= 11 is 0. The Morgan fingerprint density at radius 2 is 1.21 bits per heavy atom. The number of hydrogen-bond donors (Lipinski definition) is 0. The monoisotopic (exact) mass is 386 g/mol. The molecule has 0 spiro atoms. The third-order valence-corrected chi connectivity index (χ3v) is 4.62. The lowest BCUT2D eigenvalue weighted by atomic mass is 9.90. The second-order valence-corrected chi connectivity index (χ2v) is 6.49. The number of hydrogen-bond acceptors (Lipinski definition) is 4. The van der Waals surface area contributed by atoms with E-state index in [1.54, 1.807) is 36.4 Å². The van der Waals surface area contributed by atoms with Gasteiger partial charge in [-0.25, -0.2) is 9.59 Å². The molecule has 3 rings (SSSR count). The van der Waals surface area contributed by atoms with Gasteiger partial charge in [-0.15, -0.1) is 0 Å². The normalized spacial score (nSPS) is 12.5. The Labute approximate surface area is 170 Å². The standard InChI is InChI=1S/C25H22O4/c1-18(19-12-6-3-7-13-19)22(25(27)28-2)23(20-14-8-4-9-15-20)29-24(26)21-16-10-5-11-17-21/h3-18H,1-2H3. The van der Waals surface area contributed by atoms with Crippen molar-refractivity contribution in [3.05, 3.63) is 113 Å². The highest BCUT2D eigenvalue weighted by Gasteiger charge is 2.28. The number of ether oxygens (including phenoxy) is 2. The van der Waals surface area contributed by atoms with Crippen molar-refractivity contribution in [2.24, 2.45) is 0 Å². The van der Waals surface area contributed by atoms with Crippen molar-refractivity contribution in [1.29, 1.82) is 0 Å². The molecule has 0 radical (unpaired) electrons. The van der Waals surface area contributed by atoms with E-state index in [0.29, 0.717) is 11.1 Å². The van der Waals surface area contributed by atoms with E-state index in [9.17, 15) is 9.59 Å². The van der Waals surface area contributed by atoms with Crippen molar-refractivity contribution in [1.82, 2.24) is 0 Å². The molecule has 1 unspecified atom stereocenters. The zero-order chi connectivity index (χ0) is 20.6. The molecule has 0 saturated carbocycles. The maximum Gasteiger partial charge on any atom is 0.343 e. The Balaban J connectivity index is 2.14. The van der Waals surface area contributed by atoms with E-state index in [1.165, 1.54) is 7.11 Å². The molecule has 4 heteroatoms. The molecule has 4 nitrogen and oxygen atoms in total. The molecule has 1 atom stereocenters. The van der Waals surface area contributed by atoms with Crippen molar-refractivity contribution in [2.75, 3.05) is 7.11 Å². The van der Waals surface area contributed by atoms with Crippen LogP contribution in [0.2, 0.25) is 0 Å². The van der Waals surface area contributed by atoms with Gasteiger partial charge in [0.05, 0.1) is 18.2 Å². The first kappa shape index (κ1) is 20.1. The molecule has 29 heavy (non-hydrogen) atoms. The Morgan fingerprint density at radius 3 is 1.72 bits per heavy atom. The van der Waals surface area contributed by atoms with E-state index >= 15 is 0 Å². The molecule has 146 valence electrons. The summed E-state index contributed by atoms with van der Waals surface area (Å²) in [5, 5.41) is 0. The van der Waals surface area contributed by atoms with Gasteiger partial charge in [-0.3, -0.25) is 0 Å². The highest BCUT2D eigenvalue weighted by molar-refractivity contribution is 6.01. The minimum Gasteiger partial charge on any atom is -0.466 e. The van der Waals surface area contributed by atoms with Crippen LogP contribution in [0, 0.1) is 0 Å². The van der Waals surface area contributed by atoms with Crippen LogP contribution in [-0.2, 0) is 14.3 Å². The van der Waals surface area contributed by atoms with Crippen molar-refractivity contribution in [3.63, 3.8) is 0 Å². The molecule has 0 saturated heterocycles. The van der Waals surface area contributed by atoms with E-state index in [0.717, 1.165) is 5.56 Å². The van der Waals surface area contributed by atoms with E-state index in [2.05, 4.69) is 0 Å². The number of methoxy groups -OCH3 is 1. The number of carbonyl (C=O) groups is 2. The van der Waals surface area contributed by atoms with Crippen molar-refractivity contribution < 1.29 is 19.1 Å². The molecule has 0 amide bonds. The quantitative estimate of drug-likeness (QED) is 0.331. The molecule has 3 aromatic rings. The van der Waals surface area contributed by atoms with Gasteiger partial charge in [0.25, 0.3) is 0 Å². The van der Waals surface area contributed by atoms with Crippen LogP contribution in [0.4, 0.5) is 0 Å². The molecular weight excluding hydrogens is 364 g/mol. The number of benzene rings is 3. The summed E-state index contributed by atoms with van der Waals surface area (Å²) < 4.78 is 10.8. The van der Waals surface area contributed by atoms with Crippen LogP contribution >= 0.6 is 0 Å². The number of esters is 2. The fourth-order valence-electron chi connectivity index (χ4n) is 3.07. The summed E-state index contributed by atoms with van der Waals surface area (Å²) in [5.74, 6) is -1.22. The van der Waals surface area contributed by atoms with Crippen LogP contribution in [0.1, 0.15) is 34.3 Å². The minimum atomic E-state index is -0.541. The third kappa shape index (κ3) is 4.79. The Bertz CT molecular complexity index is 993. The van der Waals surface area contributed by atoms with E-state index in [-0.39, 0.29) is 17.3 Å². The molecule has 0 bridgehead atoms. The average Bonchev–Trinajstić information content (AvgIpc) is 2.80. The van der Waals surface area contributed by atoms with Crippen molar-refractivity contribution in [2.45, 2.75) is 12.8 Å². The summed E-state index contributed by atoms with van der Waals surface area (Å²) in [7, 11) is 1.32. The predicted octanol–water partition coefficient (Wildman–Crippen LogP) is 5.23. The molecule has 0 aromatic heterocycles. The van der Waals surface area contributed by atoms with Gasteiger partial charge in [0.2, 0.25) is 0 Å². The Kier molecular flexibility index (Phi) is 6.59. The fourth-order valence-corrected chi connectivity index (χ4v) is 3.07. The molecule has 0 aliphatic carbocycles. The van der Waals surface area contributed by atoms with Crippen molar-refractivity contribution in [3.8, 4) is 0 Å². The SMILES string of the molecule is COC(=O)C(=C(OC(=O)c1ccccc1)c1ccccc1)C(C)c1ccccc1. The Hall–Kier alpha value is -3.66. The molecule has 3 aromatic carbocycles. The van der Waals surface area contributed by atoms with Gasteiger partial charge in [0.15, 0.2) is 0 Å². The van der Waals surface area contributed by atoms with Crippen LogP contribution in [0.25, 0.3) is 5.76 Å². The lowest BCUT2D eigenvalue weighted by Gasteiger charge is -2.20. The zero-order valence-electron chi connectivity index (χ0n) is 16.4. The molecule has 0 aliphatic rings. The summed E-state index contributed by atoms with van der Waals surface area (Å²) in [6.07, 6.45) is 0. The van der Waals surface area contributed by atoms with Crippen LogP contribution in [-0.4, -0.2) is 19.0 Å². The average molecular weight is 386 g/mol. The van der Waals surface area contributed by atoms with Crippen LogP contribution in [0.5, 0.6) is 0 Å². The zero-order valence-corrected chi connectivity index (χ0v) is 16.4. The fraction of sp³-hybridized carbons (Fsp3) is 0.120. The first-order valence-electron chi connectivity index (χ1n) is 9.32. The first-order chi connectivity index (χ1) is 14.1. The van der Waals surface area contributed by atoms with E-state index < -0.39 is 11.9 Å². The molecular formula is C25H22O4. The lowest BCUT2D eigenvalue weighted by Crippen LogP contribution is -2.17.